The first-order valence-corrected chi connectivity index (χ1v) is 4.53. The van der Waals surface area contributed by atoms with Crippen LogP contribution in [-0.2, 0) is 0 Å². The van der Waals surface area contributed by atoms with E-state index in [1.54, 1.807) is 0 Å². The van der Waals surface area contributed by atoms with Crippen LogP contribution in [0.25, 0.3) is 0 Å². The lowest BCUT2D eigenvalue weighted by Gasteiger charge is -2.13. The Labute approximate surface area is 80.4 Å². The van der Waals surface area contributed by atoms with Gasteiger partial charge < -0.3 is 10.8 Å². The minimum Gasteiger partial charge on any atom is -0.507 e. The van der Waals surface area contributed by atoms with Crippen molar-refractivity contribution < 1.29 is 13.9 Å². The van der Waals surface area contributed by atoms with Crippen LogP contribution < -0.4 is 5.73 Å². The highest BCUT2D eigenvalue weighted by molar-refractivity contribution is 5.37. The summed E-state index contributed by atoms with van der Waals surface area (Å²) in [6, 6.07) is 1.12. The lowest BCUT2D eigenvalue weighted by atomic mass is 10.0. The Bertz CT molecular complexity index is 340. The Hall–Kier alpha value is -1.16. The van der Waals surface area contributed by atoms with E-state index in [0.29, 0.717) is 0 Å². The molecule has 2 nitrogen and oxygen atoms in total. The lowest BCUT2D eigenvalue weighted by Crippen LogP contribution is -2.14. The molecule has 0 heterocycles. The van der Waals surface area contributed by atoms with Gasteiger partial charge >= 0.3 is 0 Å². The predicted molar refractivity (Wildman–Crippen MR) is 47.7 cm³/mol. The van der Waals surface area contributed by atoms with Crippen LogP contribution in [-0.4, -0.2) is 5.11 Å². The van der Waals surface area contributed by atoms with Crippen molar-refractivity contribution in [2.45, 2.75) is 18.9 Å². The molecule has 1 saturated carbocycles. The van der Waals surface area contributed by atoms with Crippen molar-refractivity contribution in [2.24, 2.45) is 11.7 Å². The maximum atomic E-state index is 13.3. The molecule has 0 aliphatic heterocycles. The fraction of sp³-hybridized carbons (Fsp3) is 0.400. The maximum Gasteiger partial charge on any atom is 0.134 e. The molecule has 76 valence electrons. The highest BCUT2D eigenvalue weighted by Crippen LogP contribution is 2.42. The molecule has 1 fully saturated rings. The smallest absolute Gasteiger partial charge is 0.134 e. The van der Waals surface area contributed by atoms with E-state index in [1.807, 2.05) is 0 Å². The van der Waals surface area contributed by atoms with Crippen molar-refractivity contribution in [1.82, 2.24) is 0 Å². The molecule has 1 aliphatic carbocycles. The summed E-state index contributed by atoms with van der Waals surface area (Å²) < 4.78 is 25.9. The highest BCUT2D eigenvalue weighted by atomic mass is 19.1. The molecule has 0 aromatic heterocycles. The van der Waals surface area contributed by atoms with E-state index in [2.05, 4.69) is 0 Å². The molecule has 0 spiro atoms. The third kappa shape index (κ3) is 1.57. The van der Waals surface area contributed by atoms with Crippen molar-refractivity contribution in [2.75, 3.05) is 0 Å². The molecule has 14 heavy (non-hydrogen) atoms. The van der Waals surface area contributed by atoms with Crippen LogP contribution in [0.2, 0.25) is 0 Å². The maximum absolute atomic E-state index is 13.3. The number of nitrogens with two attached hydrogens (primary N) is 1. The molecular formula is C10H11F2NO. The quantitative estimate of drug-likeness (QED) is 0.766. The predicted octanol–water partition coefficient (Wildman–Crippen LogP) is 2.08. The number of rotatable bonds is 2. The van der Waals surface area contributed by atoms with E-state index in [0.717, 1.165) is 25.0 Å². The average Bonchev–Trinajstić information content (AvgIpc) is 2.83. The van der Waals surface area contributed by atoms with Gasteiger partial charge in [-0.3, -0.25) is 0 Å². The largest absolute Gasteiger partial charge is 0.507 e. The van der Waals surface area contributed by atoms with Crippen LogP contribution in [0, 0.1) is 17.6 Å². The van der Waals surface area contributed by atoms with E-state index < -0.39 is 17.7 Å². The third-order valence-corrected chi connectivity index (χ3v) is 2.54. The van der Waals surface area contributed by atoms with E-state index in [1.165, 1.54) is 0 Å². The normalized spacial score (nSPS) is 18.2. The molecule has 1 aliphatic rings. The van der Waals surface area contributed by atoms with Crippen LogP contribution in [0.5, 0.6) is 5.75 Å². The van der Waals surface area contributed by atoms with Crippen LogP contribution in [0.1, 0.15) is 24.4 Å². The lowest BCUT2D eigenvalue weighted by molar-refractivity contribution is 0.433. The zero-order valence-electron chi connectivity index (χ0n) is 7.50. The number of phenolic OH excluding ortho intramolecular Hbond substituents is 1. The standard InChI is InChI=1S/C10H11F2NO/c11-6-3-7(12)9(8(14)4-6)10(13)5-1-2-5/h3-5,10,14H,1-2,13H2/t10-/m1/s1. The van der Waals surface area contributed by atoms with Gasteiger partial charge in [0.25, 0.3) is 0 Å². The molecule has 0 radical (unpaired) electrons. The van der Waals surface area contributed by atoms with Gasteiger partial charge in [0.2, 0.25) is 0 Å². The number of hydrogen-bond donors (Lipinski definition) is 2. The van der Waals surface area contributed by atoms with Gasteiger partial charge in [-0.2, -0.15) is 0 Å². The second kappa shape index (κ2) is 3.20. The second-order valence-electron chi connectivity index (χ2n) is 3.68. The number of halogens is 2. The summed E-state index contributed by atoms with van der Waals surface area (Å²) in [5.41, 5.74) is 5.77. The Kier molecular flexibility index (Phi) is 2.15. The zero-order chi connectivity index (χ0) is 10.3. The van der Waals surface area contributed by atoms with Crippen LogP contribution >= 0.6 is 0 Å². The van der Waals surface area contributed by atoms with Gasteiger partial charge in [0.05, 0.1) is 0 Å². The van der Waals surface area contributed by atoms with Crippen molar-refractivity contribution in [1.29, 1.82) is 0 Å². The summed E-state index contributed by atoms with van der Waals surface area (Å²) in [5.74, 6) is -1.71. The van der Waals surface area contributed by atoms with Crippen LogP contribution in [0.15, 0.2) is 12.1 Å². The molecule has 0 saturated heterocycles. The van der Waals surface area contributed by atoms with Crippen molar-refractivity contribution in [3.63, 3.8) is 0 Å². The number of aromatic hydroxyl groups is 1. The molecule has 1 aromatic carbocycles. The number of phenols is 1. The molecule has 1 atom stereocenters. The van der Waals surface area contributed by atoms with E-state index in [9.17, 15) is 13.9 Å². The van der Waals surface area contributed by atoms with Gasteiger partial charge in [-0.1, -0.05) is 0 Å². The fourth-order valence-corrected chi connectivity index (χ4v) is 1.59. The first-order chi connectivity index (χ1) is 6.59. The number of benzene rings is 1. The van der Waals surface area contributed by atoms with Gasteiger partial charge in [0.1, 0.15) is 17.4 Å². The summed E-state index contributed by atoms with van der Waals surface area (Å²) in [5, 5.41) is 9.36. The van der Waals surface area contributed by atoms with Crippen molar-refractivity contribution in [3.05, 3.63) is 29.3 Å². The summed E-state index contributed by atoms with van der Waals surface area (Å²) in [6.45, 7) is 0. The number of hydrogen-bond acceptors (Lipinski definition) is 2. The summed E-state index contributed by atoms with van der Waals surface area (Å²) in [6.07, 6.45) is 1.88. The molecular weight excluding hydrogens is 188 g/mol. The minimum atomic E-state index is -0.785. The second-order valence-corrected chi connectivity index (χ2v) is 3.68. The Morgan fingerprint density at radius 2 is 2.00 bits per heavy atom. The SMILES string of the molecule is N[C@@H](c1c(O)cc(F)cc1F)C1CC1. The Morgan fingerprint density at radius 3 is 2.50 bits per heavy atom. The van der Waals surface area contributed by atoms with E-state index >= 15 is 0 Å². The van der Waals surface area contributed by atoms with Crippen molar-refractivity contribution in [3.8, 4) is 5.75 Å². The Morgan fingerprint density at radius 1 is 1.36 bits per heavy atom. The molecule has 3 N–H and O–H groups in total. The minimum absolute atomic E-state index is 0.0360. The van der Waals surface area contributed by atoms with E-state index in [4.69, 9.17) is 5.73 Å². The van der Waals surface area contributed by atoms with Crippen molar-refractivity contribution >= 4 is 0 Å². The summed E-state index contributed by atoms with van der Waals surface area (Å²) >= 11 is 0. The highest BCUT2D eigenvalue weighted by Gasteiger charge is 2.33. The summed E-state index contributed by atoms with van der Waals surface area (Å²) in [4.78, 5) is 0. The monoisotopic (exact) mass is 199 g/mol. The molecule has 1 aromatic rings. The van der Waals surface area contributed by atoms with Gasteiger partial charge in [-0.25, -0.2) is 8.78 Å². The van der Waals surface area contributed by atoms with Crippen LogP contribution in [0.4, 0.5) is 8.78 Å². The van der Waals surface area contributed by atoms with E-state index in [-0.39, 0.29) is 17.2 Å². The molecule has 0 bridgehead atoms. The fourth-order valence-electron chi connectivity index (χ4n) is 1.59. The molecule has 0 unspecified atom stereocenters. The zero-order valence-corrected chi connectivity index (χ0v) is 7.50. The first-order valence-electron chi connectivity index (χ1n) is 4.53. The third-order valence-electron chi connectivity index (χ3n) is 2.54. The van der Waals surface area contributed by atoms with Gasteiger partial charge in [-0.15, -0.1) is 0 Å². The van der Waals surface area contributed by atoms with Gasteiger partial charge in [0, 0.05) is 23.7 Å². The van der Waals surface area contributed by atoms with Crippen LogP contribution in [0.3, 0.4) is 0 Å². The first kappa shape index (κ1) is 9.40. The summed E-state index contributed by atoms with van der Waals surface area (Å²) in [7, 11) is 0. The average molecular weight is 199 g/mol. The van der Waals surface area contributed by atoms with Gasteiger partial charge in [0.15, 0.2) is 0 Å². The molecule has 0 amide bonds. The Balaban J connectivity index is 2.40. The van der Waals surface area contributed by atoms with Gasteiger partial charge in [-0.05, 0) is 18.8 Å². The molecule has 2 rings (SSSR count). The molecule has 4 heteroatoms. The topological polar surface area (TPSA) is 46.2 Å².